The minimum Gasteiger partial charge on any atom is -0.268 e. The largest absolute Gasteiger partial charge is 0.268 e. The van der Waals surface area contributed by atoms with Gasteiger partial charge in [0.15, 0.2) is 0 Å². The van der Waals surface area contributed by atoms with E-state index in [0.29, 0.717) is 0 Å². The third-order valence-corrected chi connectivity index (χ3v) is 2.59. The van der Waals surface area contributed by atoms with Crippen molar-refractivity contribution in [2.45, 2.75) is 4.90 Å². The van der Waals surface area contributed by atoms with E-state index in [4.69, 9.17) is 16.9 Å². The number of rotatable bonds is 2. The number of carbonyl (C=O) groups is 1. The SMILES string of the molecule is NS(=O)(=O)c1cccc(C(=O)NCl)c1. The van der Waals surface area contributed by atoms with E-state index >= 15 is 0 Å². The summed E-state index contributed by atoms with van der Waals surface area (Å²) >= 11 is 5.07. The van der Waals surface area contributed by atoms with Gasteiger partial charge in [0.2, 0.25) is 10.0 Å². The van der Waals surface area contributed by atoms with Gasteiger partial charge >= 0.3 is 0 Å². The first kappa shape index (κ1) is 11.0. The minimum atomic E-state index is -3.79. The van der Waals surface area contributed by atoms with E-state index in [-0.39, 0.29) is 10.5 Å². The lowest BCUT2D eigenvalue weighted by molar-refractivity contribution is 0.0981. The predicted molar refractivity (Wildman–Crippen MR) is 51.1 cm³/mol. The van der Waals surface area contributed by atoms with Crippen LogP contribution in [-0.2, 0) is 10.0 Å². The van der Waals surface area contributed by atoms with Crippen LogP contribution in [0.2, 0.25) is 0 Å². The van der Waals surface area contributed by atoms with Crippen LogP contribution < -0.4 is 9.97 Å². The van der Waals surface area contributed by atoms with Crippen molar-refractivity contribution in [3.63, 3.8) is 0 Å². The Bertz CT molecular complexity index is 458. The number of hydrogen-bond acceptors (Lipinski definition) is 3. The molecule has 0 spiro atoms. The second kappa shape index (κ2) is 3.95. The van der Waals surface area contributed by atoms with Gasteiger partial charge in [0.25, 0.3) is 5.91 Å². The highest BCUT2D eigenvalue weighted by atomic mass is 35.5. The molecule has 0 aliphatic rings. The van der Waals surface area contributed by atoms with Crippen molar-refractivity contribution in [3.05, 3.63) is 29.8 Å². The number of amides is 1. The van der Waals surface area contributed by atoms with Crippen LogP contribution in [0.15, 0.2) is 29.2 Å². The Kier molecular flexibility index (Phi) is 3.10. The van der Waals surface area contributed by atoms with Gasteiger partial charge in [0.05, 0.1) is 4.90 Å². The van der Waals surface area contributed by atoms with E-state index in [1.807, 2.05) is 4.84 Å². The molecule has 1 aromatic rings. The zero-order valence-electron chi connectivity index (χ0n) is 6.90. The molecule has 0 saturated carbocycles. The molecule has 76 valence electrons. The fourth-order valence-electron chi connectivity index (χ4n) is 0.869. The van der Waals surface area contributed by atoms with Crippen LogP contribution in [0.3, 0.4) is 0 Å². The van der Waals surface area contributed by atoms with Crippen LogP contribution in [-0.4, -0.2) is 14.3 Å². The van der Waals surface area contributed by atoms with Gasteiger partial charge in [0, 0.05) is 17.3 Å². The second-order valence-corrected chi connectivity index (χ2v) is 4.25. The predicted octanol–water partition coefficient (Wildman–Crippen LogP) is 0.218. The van der Waals surface area contributed by atoms with E-state index in [0.717, 1.165) is 6.07 Å². The molecule has 5 nitrogen and oxygen atoms in total. The number of nitrogens with two attached hydrogens (primary N) is 1. The molecule has 0 aliphatic carbocycles. The normalized spacial score (nSPS) is 11.0. The van der Waals surface area contributed by atoms with Gasteiger partial charge in [-0.1, -0.05) is 6.07 Å². The summed E-state index contributed by atoms with van der Waals surface area (Å²) in [6, 6.07) is 5.26. The monoisotopic (exact) mass is 234 g/mol. The highest BCUT2D eigenvalue weighted by molar-refractivity contribution is 7.89. The van der Waals surface area contributed by atoms with Crippen molar-refractivity contribution in [2.24, 2.45) is 5.14 Å². The molecule has 0 heterocycles. The number of primary sulfonamides is 1. The van der Waals surface area contributed by atoms with E-state index in [1.54, 1.807) is 0 Å². The van der Waals surface area contributed by atoms with Crippen LogP contribution in [0, 0.1) is 0 Å². The fourth-order valence-corrected chi connectivity index (χ4v) is 1.54. The number of nitrogens with one attached hydrogen (secondary N) is 1. The molecule has 0 fully saturated rings. The van der Waals surface area contributed by atoms with Crippen molar-refractivity contribution in [2.75, 3.05) is 0 Å². The fraction of sp³-hybridized carbons (Fsp3) is 0. The summed E-state index contributed by atoms with van der Waals surface area (Å²) < 4.78 is 21.8. The lowest BCUT2D eigenvalue weighted by atomic mass is 10.2. The highest BCUT2D eigenvalue weighted by Crippen LogP contribution is 2.09. The van der Waals surface area contributed by atoms with E-state index in [9.17, 15) is 13.2 Å². The zero-order valence-corrected chi connectivity index (χ0v) is 8.47. The van der Waals surface area contributed by atoms with Gasteiger partial charge in [-0.25, -0.2) is 13.6 Å². The van der Waals surface area contributed by atoms with Crippen molar-refractivity contribution < 1.29 is 13.2 Å². The van der Waals surface area contributed by atoms with Crippen LogP contribution in [0.25, 0.3) is 0 Å². The highest BCUT2D eigenvalue weighted by Gasteiger charge is 2.10. The molecule has 0 bridgehead atoms. The standard InChI is InChI=1S/C7H7ClN2O3S/c8-10-7(11)5-2-1-3-6(4-5)14(9,12)13/h1-4H,(H,10,11)(H2,9,12,13). The molecule has 0 saturated heterocycles. The van der Waals surface area contributed by atoms with Crippen LogP contribution in [0.4, 0.5) is 0 Å². The summed E-state index contributed by atoms with van der Waals surface area (Å²) in [7, 11) is -3.79. The Morgan fingerprint density at radius 2 is 2.07 bits per heavy atom. The summed E-state index contributed by atoms with van der Waals surface area (Å²) in [4.78, 5) is 12.7. The first-order chi connectivity index (χ1) is 6.45. The number of sulfonamides is 1. The molecule has 3 N–H and O–H groups in total. The Hall–Kier alpha value is -1.11. The molecule has 0 radical (unpaired) electrons. The van der Waals surface area contributed by atoms with Gasteiger partial charge in [-0.3, -0.25) is 9.63 Å². The third-order valence-electron chi connectivity index (χ3n) is 1.51. The Morgan fingerprint density at radius 1 is 1.43 bits per heavy atom. The van der Waals surface area contributed by atoms with E-state index < -0.39 is 15.9 Å². The average molecular weight is 235 g/mol. The lowest BCUT2D eigenvalue weighted by Crippen LogP contribution is -2.16. The maximum atomic E-state index is 11.0. The summed E-state index contributed by atoms with van der Waals surface area (Å²) in [5.74, 6) is -0.586. The molecule has 0 aromatic heterocycles. The molecule has 7 heteroatoms. The topological polar surface area (TPSA) is 89.3 Å². The van der Waals surface area contributed by atoms with Gasteiger partial charge in [0.1, 0.15) is 0 Å². The molecular formula is C7H7ClN2O3S. The summed E-state index contributed by atoms with van der Waals surface area (Å²) in [6.45, 7) is 0. The summed E-state index contributed by atoms with van der Waals surface area (Å²) in [6.07, 6.45) is 0. The summed E-state index contributed by atoms with van der Waals surface area (Å²) in [5.41, 5.74) is 0.131. The molecule has 1 aromatic carbocycles. The van der Waals surface area contributed by atoms with Crippen molar-refractivity contribution in [1.82, 2.24) is 4.84 Å². The molecule has 0 aliphatic heterocycles. The molecule has 1 amide bonds. The quantitative estimate of drug-likeness (QED) is 0.718. The Labute approximate surface area is 86.0 Å². The molecule has 14 heavy (non-hydrogen) atoms. The first-order valence-corrected chi connectivity index (χ1v) is 5.41. The molecular weight excluding hydrogens is 228 g/mol. The third kappa shape index (κ3) is 2.44. The average Bonchev–Trinajstić information content (AvgIpc) is 2.15. The Balaban J connectivity index is 3.21. The maximum absolute atomic E-state index is 11.0. The maximum Gasteiger partial charge on any atom is 0.265 e. The summed E-state index contributed by atoms with van der Waals surface area (Å²) in [5, 5.41) is 4.87. The minimum absolute atomic E-state index is 0.129. The smallest absolute Gasteiger partial charge is 0.265 e. The van der Waals surface area contributed by atoms with Crippen LogP contribution in [0.1, 0.15) is 10.4 Å². The van der Waals surface area contributed by atoms with Crippen LogP contribution in [0.5, 0.6) is 0 Å². The van der Waals surface area contributed by atoms with E-state index in [1.165, 1.54) is 18.2 Å². The van der Waals surface area contributed by atoms with Gasteiger partial charge in [-0.2, -0.15) is 0 Å². The second-order valence-electron chi connectivity index (χ2n) is 2.50. The van der Waals surface area contributed by atoms with Crippen molar-refractivity contribution in [1.29, 1.82) is 0 Å². The van der Waals surface area contributed by atoms with Gasteiger partial charge in [-0.15, -0.1) is 0 Å². The van der Waals surface area contributed by atoms with E-state index in [2.05, 4.69) is 0 Å². The number of hydrogen-bond donors (Lipinski definition) is 2. The Morgan fingerprint density at radius 3 is 2.57 bits per heavy atom. The van der Waals surface area contributed by atoms with Gasteiger partial charge in [-0.05, 0) is 18.2 Å². The molecule has 1 rings (SSSR count). The number of carbonyl (C=O) groups excluding carboxylic acids is 1. The van der Waals surface area contributed by atoms with Crippen molar-refractivity contribution in [3.8, 4) is 0 Å². The molecule has 0 unspecified atom stereocenters. The van der Waals surface area contributed by atoms with Gasteiger partial charge < -0.3 is 0 Å². The number of halogens is 1. The zero-order chi connectivity index (χ0) is 10.8. The lowest BCUT2D eigenvalue weighted by Gasteiger charge is -2.00. The molecule has 0 atom stereocenters. The van der Waals surface area contributed by atoms with Crippen molar-refractivity contribution >= 4 is 27.7 Å². The first-order valence-electron chi connectivity index (χ1n) is 3.49. The van der Waals surface area contributed by atoms with Crippen LogP contribution >= 0.6 is 11.8 Å². The number of benzene rings is 1.